The van der Waals surface area contributed by atoms with Gasteiger partial charge in [0.25, 0.3) is 0 Å². The maximum atomic E-state index is 5.45. The van der Waals surface area contributed by atoms with Crippen molar-refractivity contribution in [2.75, 3.05) is 41.0 Å². The number of hydrogen-bond donors (Lipinski definition) is 1. The molecular formula is C15H24N2O2. The first kappa shape index (κ1) is 14.3. The fourth-order valence-corrected chi connectivity index (χ4v) is 2.51. The molecule has 2 rings (SSSR count). The first-order valence-electron chi connectivity index (χ1n) is 6.83. The first-order chi connectivity index (χ1) is 9.24. The zero-order chi connectivity index (χ0) is 13.7. The fraction of sp³-hybridized carbons (Fsp3) is 0.600. The largest absolute Gasteiger partial charge is 0.497 e. The molecule has 2 atom stereocenters. The van der Waals surface area contributed by atoms with E-state index < -0.39 is 0 Å². The maximum absolute atomic E-state index is 5.45. The van der Waals surface area contributed by atoms with E-state index in [1.807, 2.05) is 19.2 Å². The zero-order valence-corrected chi connectivity index (χ0v) is 12.1. The Balaban J connectivity index is 1.97. The van der Waals surface area contributed by atoms with Gasteiger partial charge in [-0.1, -0.05) is 12.1 Å². The van der Waals surface area contributed by atoms with E-state index in [2.05, 4.69) is 29.4 Å². The lowest BCUT2D eigenvalue weighted by atomic mass is 10.1. The van der Waals surface area contributed by atoms with Crippen LogP contribution in [0.25, 0.3) is 0 Å². The van der Waals surface area contributed by atoms with Crippen molar-refractivity contribution in [2.24, 2.45) is 0 Å². The van der Waals surface area contributed by atoms with Gasteiger partial charge in [-0.25, -0.2) is 0 Å². The van der Waals surface area contributed by atoms with Crippen LogP contribution >= 0.6 is 0 Å². The molecule has 0 radical (unpaired) electrons. The molecule has 4 nitrogen and oxygen atoms in total. The molecule has 1 aliphatic heterocycles. The summed E-state index contributed by atoms with van der Waals surface area (Å²) < 4.78 is 10.6. The Labute approximate surface area is 115 Å². The predicted molar refractivity (Wildman–Crippen MR) is 76.6 cm³/mol. The molecule has 0 aliphatic carbocycles. The third-order valence-electron chi connectivity index (χ3n) is 3.87. The van der Waals surface area contributed by atoms with Crippen LogP contribution in [0.2, 0.25) is 0 Å². The Morgan fingerprint density at radius 2 is 2.16 bits per heavy atom. The SMILES string of the molecule is CNC(CN(C)C1CCOC1)c1ccc(OC)cc1. The smallest absolute Gasteiger partial charge is 0.118 e. The highest BCUT2D eigenvalue weighted by molar-refractivity contribution is 5.29. The van der Waals surface area contributed by atoms with Crippen LogP contribution in [0, 0.1) is 0 Å². The van der Waals surface area contributed by atoms with E-state index in [1.54, 1.807) is 7.11 Å². The zero-order valence-electron chi connectivity index (χ0n) is 12.1. The summed E-state index contributed by atoms with van der Waals surface area (Å²) in [6, 6.07) is 9.15. The van der Waals surface area contributed by atoms with Crippen LogP contribution in [0.3, 0.4) is 0 Å². The summed E-state index contributed by atoms with van der Waals surface area (Å²) in [5.41, 5.74) is 1.29. The molecule has 1 aliphatic rings. The van der Waals surface area contributed by atoms with Crippen molar-refractivity contribution in [1.29, 1.82) is 0 Å². The van der Waals surface area contributed by atoms with Gasteiger partial charge in [0.2, 0.25) is 0 Å². The summed E-state index contributed by atoms with van der Waals surface area (Å²) >= 11 is 0. The molecule has 1 heterocycles. The fourth-order valence-electron chi connectivity index (χ4n) is 2.51. The number of hydrogen-bond acceptors (Lipinski definition) is 4. The molecule has 2 unspecified atom stereocenters. The monoisotopic (exact) mass is 264 g/mol. The normalized spacial score (nSPS) is 20.7. The number of nitrogens with one attached hydrogen (secondary N) is 1. The molecule has 4 heteroatoms. The van der Waals surface area contributed by atoms with Crippen molar-refractivity contribution in [3.63, 3.8) is 0 Å². The van der Waals surface area contributed by atoms with Crippen molar-refractivity contribution in [3.8, 4) is 5.75 Å². The molecule has 1 aromatic carbocycles. The summed E-state index contributed by atoms with van der Waals surface area (Å²) in [5.74, 6) is 0.899. The van der Waals surface area contributed by atoms with E-state index in [0.717, 1.165) is 31.9 Å². The van der Waals surface area contributed by atoms with Crippen LogP contribution in [-0.2, 0) is 4.74 Å². The van der Waals surface area contributed by atoms with E-state index >= 15 is 0 Å². The number of methoxy groups -OCH3 is 1. The van der Waals surface area contributed by atoms with Gasteiger partial charge in [-0.15, -0.1) is 0 Å². The predicted octanol–water partition coefficient (Wildman–Crippen LogP) is 1.68. The Morgan fingerprint density at radius 3 is 2.68 bits per heavy atom. The van der Waals surface area contributed by atoms with E-state index in [1.165, 1.54) is 5.56 Å². The van der Waals surface area contributed by atoms with E-state index in [4.69, 9.17) is 9.47 Å². The summed E-state index contributed by atoms with van der Waals surface area (Å²) in [4.78, 5) is 2.39. The minimum absolute atomic E-state index is 0.330. The number of rotatable bonds is 6. The highest BCUT2D eigenvalue weighted by atomic mass is 16.5. The lowest BCUT2D eigenvalue weighted by molar-refractivity contribution is 0.153. The standard InChI is InChI=1S/C15H24N2O2/c1-16-15(10-17(2)13-8-9-19-11-13)12-4-6-14(18-3)7-5-12/h4-7,13,15-16H,8-11H2,1-3H3. The van der Waals surface area contributed by atoms with Crippen LogP contribution in [0.5, 0.6) is 5.75 Å². The van der Waals surface area contributed by atoms with Crippen LogP contribution in [0.4, 0.5) is 0 Å². The van der Waals surface area contributed by atoms with Gasteiger partial charge < -0.3 is 14.8 Å². The number of ether oxygens (including phenoxy) is 2. The van der Waals surface area contributed by atoms with Crippen LogP contribution in [0.1, 0.15) is 18.0 Å². The van der Waals surface area contributed by atoms with Crippen molar-refractivity contribution in [3.05, 3.63) is 29.8 Å². The number of likely N-dealkylation sites (N-methyl/N-ethyl adjacent to an activating group) is 2. The van der Waals surface area contributed by atoms with Gasteiger partial charge in [0.05, 0.1) is 13.7 Å². The second kappa shape index (κ2) is 6.89. The van der Waals surface area contributed by atoms with E-state index in [-0.39, 0.29) is 0 Å². The molecule has 1 saturated heterocycles. The number of nitrogens with zero attached hydrogens (tertiary/aromatic N) is 1. The quantitative estimate of drug-likeness (QED) is 0.847. The van der Waals surface area contributed by atoms with Crippen molar-refractivity contribution < 1.29 is 9.47 Å². The Hall–Kier alpha value is -1.10. The van der Waals surface area contributed by atoms with Crippen molar-refractivity contribution >= 4 is 0 Å². The van der Waals surface area contributed by atoms with Gasteiger partial charge in [0, 0.05) is 25.2 Å². The molecule has 0 bridgehead atoms. The summed E-state index contributed by atoms with van der Waals surface area (Å²) in [7, 11) is 5.87. The highest BCUT2D eigenvalue weighted by Crippen LogP contribution is 2.20. The third kappa shape index (κ3) is 3.69. The average Bonchev–Trinajstić information content (AvgIpc) is 2.99. The minimum Gasteiger partial charge on any atom is -0.497 e. The lowest BCUT2D eigenvalue weighted by Gasteiger charge is -2.28. The van der Waals surface area contributed by atoms with Gasteiger partial charge in [-0.2, -0.15) is 0 Å². The van der Waals surface area contributed by atoms with Gasteiger partial charge >= 0.3 is 0 Å². The van der Waals surface area contributed by atoms with Gasteiger partial charge in [-0.05, 0) is 38.2 Å². The van der Waals surface area contributed by atoms with Gasteiger partial charge in [0.15, 0.2) is 0 Å². The highest BCUT2D eigenvalue weighted by Gasteiger charge is 2.22. The summed E-state index contributed by atoms with van der Waals surface area (Å²) in [5, 5.41) is 3.39. The Morgan fingerprint density at radius 1 is 1.42 bits per heavy atom. The molecule has 0 spiro atoms. The molecule has 1 fully saturated rings. The van der Waals surface area contributed by atoms with Crippen molar-refractivity contribution in [1.82, 2.24) is 10.2 Å². The van der Waals surface area contributed by atoms with E-state index in [9.17, 15) is 0 Å². The Kier molecular flexibility index (Phi) is 5.19. The second-order valence-corrected chi connectivity index (χ2v) is 5.07. The third-order valence-corrected chi connectivity index (χ3v) is 3.87. The van der Waals surface area contributed by atoms with Gasteiger partial charge in [-0.3, -0.25) is 4.90 Å². The maximum Gasteiger partial charge on any atom is 0.118 e. The average molecular weight is 264 g/mol. The summed E-state index contributed by atoms with van der Waals surface area (Å²) in [6.07, 6.45) is 1.13. The molecule has 0 aromatic heterocycles. The van der Waals surface area contributed by atoms with Crippen LogP contribution < -0.4 is 10.1 Å². The van der Waals surface area contributed by atoms with E-state index in [0.29, 0.717) is 12.1 Å². The minimum atomic E-state index is 0.330. The Bertz CT molecular complexity index is 374. The molecule has 106 valence electrons. The van der Waals surface area contributed by atoms with Gasteiger partial charge in [0.1, 0.15) is 5.75 Å². The molecule has 1 aromatic rings. The lowest BCUT2D eigenvalue weighted by Crippen LogP contribution is -2.38. The topological polar surface area (TPSA) is 33.7 Å². The van der Waals surface area contributed by atoms with Crippen molar-refractivity contribution in [2.45, 2.75) is 18.5 Å². The van der Waals surface area contributed by atoms with Crippen LogP contribution in [-0.4, -0.2) is 51.9 Å². The second-order valence-electron chi connectivity index (χ2n) is 5.07. The first-order valence-corrected chi connectivity index (χ1v) is 6.83. The molecule has 0 amide bonds. The van der Waals surface area contributed by atoms with Crippen LogP contribution in [0.15, 0.2) is 24.3 Å². The molecule has 1 N–H and O–H groups in total. The molecule has 19 heavy (non-hydrogen) atoms. The molecular weight excluding hydrogens is 240 g/mol. The number of benzene rings is 1. The summed E-state index contributed by atoms with van der Waals surface area (Å²) in [6.45, 7) is 2.73. The molecule has 0 saturated carbocycles.